The highest BCUT2D eigenvalue weighted by Gasteiger charge is 2.24. The molecule has 3 rings (SSSR count). The van der Waals surface area contributed by atoms with E-state index in [0.717, 1.165) is 18.4 Å². The topological polar surface area (TPSA) is 105 Å². The van der Waals surface area contributed by atoms with Gasteiger partial charge in [-0.25, -0.2) is 13.1 Å². The lowest BCUT2D eigenvalue weighted by Gasteiger charge is -2.28. The van der Waals surface area contributed by atoms with Crippen LogP contribution in [0.3, 0.4) is 0 Å². The van der Waals surface area contributed by atoms with Crippen LogP contribution in [0.2, 0.25) is 0 Å². The molecule has 1 aromatic carbocycles. The third-order valence-electron chi connectivity index (χ3n) is 3.62. The highest BCUT2D eigenvalue weighted by atomic mass is 32.2. The third kappa shape index (κ3) is 3.04. The number of hydrogen-bond acceptors (Lipinski definition) is 6. The van der Waals surface area contributed by atoms with Gasteiger partial charge in [0, 0.05) is 26.1 Å². The molecule has 0 aliphatic carbocycles. The lowest BCUT2D eigenvalue weighted by atomic mass is 10.0. The first-order valence-corrected chi connectivity index (χ1v) is 8.59. The number of nitrogens with one attached hydrogen (secondary N) is 1. The van der Waals surface area contributed by atoms with Gasteiger partial charge in [-0.15, -0.1) is 0 Å². The van der Waals surface area contributed by atoms with Crippen molar-refractivity contribution < 1.29 is 17.7 Å². The van der Waals surface area contributed by atoms with Gasteiger partial charge in [0.05, 0.1) is 4.90 Å². The summed E-state index contributed by atoms with van der Waals surface area (Å²) in [6.07, 6.45) is 1.68. The molecule has 0 bridgehead atoms. The van der Waals surface area contributed by atoms with Crippen molar-refractivity contribution in [3.05, 3.63) is 29.7 Å². The molecule has 1 aromatic heterocycles. The maximum atomic E-state index is 12.4. The summed E-state index contributed by atoms with van der Waals surface area (Å²) < 4.78 is 31.9. The Morgan fingerprint density at radius 2 is 2.17 bits per heavy atom. The van der Waals surface area contributed by atoms with Crippen molar-refractivity contribution in [2.45, 2.75) is 31.6 Å². The van der Waals surface area contributed by atoms with Gasteiger partial charge in [0.1, 0.15) is 0 Å². The first-order valence-electron chi connectivity index (χ1n) is 7.11. The van der Waals surface area contributed by atoms with Gasteiger partial charge in [-0.3, -0.25) is 4.79 Å². The third-order valence-corrected chi connectivity index (χ3v) is 4.94. The Hall–Kier alpha value is -2.42. The second-order valence-corrected chi connectivity index (χ2v) is 6.99. The van der Waals surface area contributed by atoms with Crippen LogP contribution < -0.4 is 9.62 Å². The molecule has 1 aliphatic heterocycles. The van der Waals surface area contributed by atoms with E-state index < -0.39 is 10.0 Å². The molecule has 2 heterocycles. The number of carbonyl (C=O) groups excluding carboxylic acids is 1. The van der Waals surface area contributed by atoms with Gasteiger partial charge in [-0.2, -0.15) is 4.98 Å². The van der Waals surface area contributed by atoms with Crippen LogP contribution >= 0.6 is 0 Å². The molecule has 2 aromatic rings. The minimum Gasteiger partial charge on any atom is -0.338 e. The van der Waals surface area contributed by atoms with Gasteiger partial charge in [0.25, 0.3) is 16.0 Å². The lowest BCUT2D eigenvalue weighted by Crippen LogP contribution is -2.33. The van der Waals surface area contributed by atoms with Crippen molar-refractivity contribution in [2.75, 3.05) is 16.2 Å². The fourth-order valence-corrected chi connectivity index (χ4v) is 3.52. The van der Waals surface area contributed by atoms with Crippen molar-refractivity contribution in [1.82, 2.24) is 10.1 Å². The number of carbonyl (C=O) groups is 1. The Kier molecular flexibility index (Phi) is 3.80. The Bertz CT molecular complexity index is 859. The van der Waals surface area contributed by atoms with Gasteiger partial charge in [-0.05, 0) is 35.7 Å². The minimum atomic E-state index is -3.86. The van der Waals surface area contributed by atoms with Crippen LogP contribution in [0.15, 0.2) is 27.6 Å². The molecule has 0 saturated heterocycles. The van der Waals surface area contributed by atoms with Crippen LogP contribution in [-0.2, 0) is 21.2 Å². The summed E-state index contributed by atoms with van der Waals surface area (Å²) in [4.78, 5) is 17.2. The maximum absolute atomic E-state index is 12.4. The van der Waals surface area contributed by atoms with Crippen LogP contribution in [0.1, 0.15) is 24.8 Å². The minimum absolute atomic E-state index is 0.0480. The van der Waals surface area contributed by atoms with Crippen LogP contribution in [0, 0.1) is 6.92 Å². The molecule has 23 heavy (non-hydrogen) atoms. The largest absolute Gasteiger partial charge is 0.338 e. The smallest absolute Gasteiger partial charge is 0.277 e. The molecule has 9 heteroatoms. The fraction of sp³-hybridized carbons (Fsp3) is 0.357. The number of anilines is 2. The van der Waals surface area contributed by atoms with E-state index in [-0.39, 0.29) is 22.6 Å². The normalized spacial score (nSPS) is 14.4. The van der Waals surface area contributed by atoms with Crippen molar-refractivity contribution in [1.29, 1.82) is 0 Å². The first-order chi connectivity index (χ1) is 10.9. The summed E-state index contributed by atoms with van der Waals surface area (Å²) in [6.45, 7) is 3.62. The molecule has 0 fully saturated rings. The average molecular weight is 336 g/mol. The van der Waals surface area contributed by atoms with Crippen molar-refractivity contribution in [2.24, 2.45) is 0 Å². The lowest BCUT2D eigenvalue weighted by molar-refractivity contribution is -0.116. The van der Waals surface area contributed by atoms with E-state index in [0.29, 0.717) is 12.2 Å². The summed E-state index contributed by atoms with van der Waals surface area (Å²) in [5.41, 5.74) is 1.59. The van der Waals surface area contributed by atoms with Crippen molar-refractivity contribution in [3.8, 4) is 0 Å². The van der Waals surface area contributed by atoms with E-state index >= 15 is 0 Å². The van der Waals surface area contributed by atoms with Crippen LogP contribution in [-0.4, -0.2) is 31.0 Å². The van der Waals surface area contributed by atoms with Crippen molar-refractivity contribution in [3.63, 3.8) is 0 Å². The zero-order valence-corrected chi connectivity index (χ0v) is 13.6. The summed E-state index contributed by atoms with van der Waals surface area (Å²) in [7, 11) is -3.86. The van der Waals surface area contributed by atoms with Gasteiger partial charge in [-0.1, -0.05) is 6.07 Å². The summed E-state index contributed by atoms with van der Waals surface area (Å²) in [5.74, 6) is 0.0294. The van der Waals surface area contributed by atoms with Gasteiger partial charge in [0.15, 0.2) is 0 Å². The molecule has 122 valence electrons. The van der Waals surface area contributed by atoms with Crippen LogP contribution in [0.5, 0.6) is 0 Å². The SMILES string of the molecule is CC(=O)N1CCCc2ccc(S(=O)(=O)Nc3noc(C)n3)cc21. The zero-order chi connectivity index (χ0) is 16.6. The number of nitrogens with zero attached hydrogens (tertiary/aromatic N) is 3. The number of fused-ring (bicyclic) bond motifs is 1. The molecule has 0 unspecified atom stereocenters. The number of rotatable bonds is 3. The molecule has 0 radical (unpaired) electrons. The standard InChI is InChI=1S/C14H16N4O4S/c1-9-15-14(16-22-9)17-23(20,21)12-6-5-11-4-3-7-18(10(2)19)13(11)8-12/h5-6,8H,3-4,7H2,1-2H3,(H,16,17). The number of aromatic nitrogens is 2. The molecule has 1 aliphatic rings. The van der Waals surface area contributed by atoms with Gasteiger partial charge < -0.3 is 9.42 Å². The van der Waals surface area contributed by atoms with Crippen molar-refractivity contribution >= 4 is 27.6 Å². The Balaban J connectivity index is 1.97. The van der Waals surface area contributed by atoms with Crippen LogP contribution in [0.25, 0.3) is 0 Å². The molecule has 0 saturated carbocycles. The van der Waals surface area contributed by atoms with E-state index in [9.17, 15) is 13.2 Å². The van der Waals surface area contributed by atoms with E-state index in [4.69, 9.17) is 4.52 Å². The molecule has 1 amide bonds. The second-order valence-electron chi connectivity index (χ2n) is 5.31. The number of hydrogen-bond donors (Lipinski definition) is 1. The fourth-order valence-electron chi connectivity index (χ4n) is 2.57. The summed E-state index contributed by atoms with van der Waals surface area (Å²) in [6, 6.07) is 4.75. The van der Waals surface area contributed by atoms with Gasteiger partial charge in [0.2, 0.25) is 11.8 Å². The number of amides is 1. The molecule has 0 atom stereocenters. The zero-order valence-electron chi connectivity index (χ0n) is 12.7. The Morgan fingerprint density at radius 3 is 2.83 bits per heavy atom. The Morgan fingerprint density at radius 1 is 1.39 bits per heavy atom. The van der Waals surface area contributed by atoms with Crippen LogP contribution in [0.4, 0.5) is 11.6 Å². The number of aryl methyl sites for hydroxylation is 2. The Labute approximate surface area is 133 Å². The highest BCUT2D eigenvalue weighted by molar-refractivity contribution is 7.92. The first kappa shape index (κ1) is 15.5. The molecular weight excluding hydrogens is 320 g/mol. The van der Waals surface area contributed by atoms with Gasteiger partial charge >= 0.3 is 0 Å². The summed E-state index contributed by atoms with van der Waals surface area (Å²) >= 11 is 0. The summed E-state index contributed by atoms with van der Waals surface area (Å²) in [5, 5.41) is 3.52. The second kappa shape index (κ2) is 5.65. The molecular formula is C14H16N4O4S. The average Bonchev–Trinajstić information content (AvgIpc) is 2.90. The molecule has 0 spiro atoms. The molecule has 8 nitrogen and oxygen atoms in total. The van der Waals surface area contributed by atoms with E-state index in [1.165, 1.54) is 19.1 Å². The molecule has 1 N–H and O–H groups in total. The quantitative estimate of drug-likeness (QED) is 0.910. The number of sulfonamides is 1. The predicted molar refractivity (Wildman–Crippen MR) is 82.6 cm³/mol. The highest BCUT2D eigenvalue weighted by Crippen LogP contribution is 2.30. The number of benzene rings is 1. The van der Waals surface area contributed by atoms with E-state index in [2.05, 4.69) is 14.9 Å². The van der Waals surface area contributed by atoms with E-state index in [1.807, 2.05) is 0 Å². The monoisotopic (exact) mass is 336 g/mol. The van der Waals surface area contributed by atoms with E-state index in [1.54, 1.807) is 17.9 Å². The predicted octanol–water partition coefficient (Wildman–Crippen LogP) is 1.48. The maximum Gasteiger partial charge on any atom is 0.277 e.